The lowest BCUT2D eigenvalue weighted by atomic mass is 9.96. The number of methoxy groups -OCH3 is 1. The molecule has 0 radical (unpaired) electrons. The topological polar surface area (TPSA) is 140 Å². The first-order chi connectivity index (χ1) is 18.5. The zero-order chi connectivity index (χ0) is 28.1. The van der Waals surface area contributed by atoms with Crippen LogP contribution in [0.5, 0.6) is 0 Å². The lowest BCUT2D eigenvalue weighted by molar-refractivity contribution is 0.0600. The number of nitrogens with one attached hydrogen (secondary N) is 1. The van der Waals surface area contributed by atoms with E-state index in [1.54, 1.807) is 30.4 Å². The predicted molar refractivity (Wildman–Crippen MR) is 145 cm³/mol. The maximum absolute atomic E-state index is 15.6. The summed E-state index contributed by atoms with van der Waals surface area (Å²) in [5.41, 5.74) is 8.26. The predicted octanol–water partition coefficient (Wildman–Crippen LogP) is 2.36. The second kappa shape index (κ2) is 9.68. The third kappa shape index (κ3) is 4.67. The quantitative estimate of drug-likeness (QED) is 0.292. The van der Waals surface area contributed by atoms with Gasteiger partial charge in [-0.2, -0.15) is 0 Å². The molecule has 3 aromatic heterocycles. The Kier molecular flexibility index (Phi) is 6.49. The van der Waals surface area contributed by atoms with Crippen LogP contribution in [0.2, 0.25) is 0 Å². The Morgan fingerprint density at radius 3 is 2.72 bits per heavy atom. The van der Waals surface area contributed by atoms with Crippen molar-refractivity contribution in [2.75, 3.05) is 24.8 Å². The van der Waals surface area contributed by atoms with Crippen LogP contribution in [0.3, 0.4) is 0 Å². The molecule has 10 nitrogen and oxygen atoms in total. The molecule has 0 aliphatic carbocycles. The van der Waals surface area contributed by atoms with Crippen LogP contribution in [0.4, 0.5) is 15.9 Å². The van der Waals surface area contributed by atoms with Crippen molar-refractivity contribution in [3.05, 3.63) is 75.2 Å². The first kappa shape index (κ1) is 26.1. The average Bonchev–Trinajstić information content (AvgIpc) is 3.26. The van der Waals surface area contributed by atoms with Gasteiger partial charge in [-0.1, -0.05) is 11.8 Å². The largest absolute Gasteiger partial charge is 0.465 e. The number of aryl methyl sites for hydroxylation is 1. The van der Waals surface area contributed by atoms with Crippen molar-refractivity contribution in [3.8, 4) is 23.0 Å². The number of carbonyl (C=O) groups is 1. The molecular weight excluding hydrogens is 525 g/mol. The minimum Gasteiger partial charge on any atom is -0.465 e. The SMILES string of the molecule is COC(=O)c1cc2c(cc1CS(C)(=O)=O)-c1cn(C)c(=O)c3[nH]cc(c13)CN2c1ncc(C#CCN)cc1F. The van der Waals surface area contributed by atoms with Crippen LogP contribution in [0, 0.1) is 17.7 Å². The van der Waals surface area contributed by atoms with E-state index in [0.717, 1.165) is 6.26 Å². The molecule has 0 atom stereocenters. The number of anilines is 2. The van der Waals surface area contributed by atoms with Gasteiger partial charge in [0.1, 0.15) is 5.52 Å². The summed E-state index contributed by atoms with van der Waals surface area (Å²) in [5, 5.41) is 0.615. The van der Waals surface area contributed by atoms with Crippen LogP contribution in [-0.4, -0.2) is 48.8 Å². The number of esters is 1. The number of nitrogens with two attached hydrogens (primary N) is 1. The molecule has 12 heteroatoms. The minimum atomic E-state index is -3.56. The second-order valence-electron chi connectivity index (χ2n) is 9.23. The Labute approximate surface area is 223 Å². The van der Waals surface area contributed by atoms with Crippen molar-refractivity contribution in [3.63, 3.8) is 0 Å². The van der Waals surface area contributed by atoms with Gasteiger partial charge in [-0.15, -0.1) is 0 Å². The lowest BCUT2D eigenvalue weighted by Gasteiger charge is -2.26. The molecule has 200 valence electrons. The van der Waals surface area contributed by atoms with E-state index >= 15 is 4.39 Å². The fourth-order valence-corrected chi connectivity index (χ4v) is 5.64. The van der Waals surface area contributed by atoms with Crippen molar-refractivity contribution in [1.29, 1.82) is 0 Å². The summed E-state index contributed by atoms with van der Waals surface area (Å²) in [7, 11) is -0.759. The van der Waals surface area contributed by atoms with Crippen LogP contribution in [0.25, 0.3) is 22.0 Å². The minimum absolute atomic E-state index is 0.0201. The standard InChI is InChI=1S/C27H24FN5O5S/c1-32-13-20-19-8-16(14-39(3,36)37)18(27(35)38-2)9-22(19)33(12-17-11-30-24(23(17)20)26(32)34)25-21(28)7-15(10-31-25)5-4-6-29/h7-11,13,30H,6,12,14,29H2,1-3H3. The second-order valence-corrected chi connectivity index (χ2v) is 11.4. The van der Waals surface area contributed by atoms with E-state index in [4.69, 9.17) is 10.5 Å². The number of fused-ring (bicyclic) bond motifs is 2. The zero-order valence-corrected chi connectivity index (χ0v) is 22.1. The molecule has 1 aliphatic rings. The highest BCUT2D eigenvalue weighted by Crippen LogP contribution is 2.45. The summed E-state index contributed by atoms with van der Waals surface area (Å²) < 4.78 is 46.5. The van der Waals surface area contributed by atoms with Gasteiger partial charge in [0.25, 0.3) is 5.56 Å². The van der Waals surface area contributed by atoms with E-state index < -0.39 is 27.4 Å². The number of aromatic nitrogens is 3. The van der Waals surface area contributed by atoms with Gasteiger partial charge in [-0.25, -0.2) is 22.6 Å². The lowest BCUT2D eigenvalue weighted by Crippen LogP contribution is -2.20. The van der Waals surface area contributed by atoms with E-state index in [9.17, 15) is 18.0 Å². The van der Waals surface area contributed by atoms with Crippen molar-refractivity contribution in [1.82, 2.24) is 14.5 Å². The maximum atomic E-state index is 15.6. The summed E-state index contributed by atoms with van der Waals surface area (Å²) in [6.45, 7) is 0.201. The van der Waals surface area contributed by atoms with Gasteiger partial charge in [0.2, 0.25) is 0 Å². The monoisotopic (exact) mass is 549 g/mol. The van der Waals surface area contributed by atoms with Crippen LogP contribution in [0.15, 0.2) is 41.6 Å². The van der Waals surface area contributed by atoms with Crippen molar-refractivity contribution in [2.24, 2.45) is 12.8 Å². The summed E-state index contributed by atoms with van der Waals surface area (Å²) >= 11 is 0. The van der Waals surface area contributed by atoms with E-state index in [0.29, 0.717) is 38.8 Å². The number of H-pyrrole nitrogens is 1. The number of hydrogen-bond donors (Lipinski definition) is 2. The first-order valence-corrected chi connectivity index (χ1v) is 13.8. The van der Waals surface area contributed by atoms with Gasteiger partial charge in [0.15, 0.2) is 21.5 Å². The molecule has 4 heterocycles. The number of hydrogen-bond acceptors (Lipinski definition) is 8. The Morgan fingerprint density at radius 2 is 2.05 bits per heavy atom. The Bertz CT molecular complexity index is 1900. The molecule has 39 heavy (non-hydrogen) atoms. The molecule has 1 aromatic carbocycles. The number of nitrogens with zero attached hydrogens (tertiary/aromatic N) is 3. The van der Waals surface area contributed by atoms with Crippen molar-refractivity contribution < 1.29 is 22.3 Å². The molecule has 4 aromatic rings. The summed E-state index contributed by atoms with van der Waals surface area (Å²) in [5.74, 6) is 3.52. The van der Waals surface area contributed by atoms with Gasteiger partial charge >= 0.3 is 5.97 Å². The van der Waals surface area contributed by atoms with Gasteiger partial charge in [0.05, 0.1) is 37.2 Å². The number of aromatic amines is 1. The van der Waals surface area contributed by atoms with Crippen LogP contribution in [0.1, 0.15) is 27.0 Å². The summed E-state index contributed by atoms with van der Waals surface area (Å²) in [6, 6.07) is 4.30. The van der Waals surface area contributed by atoms with Gasteiger partial charge in [-0.3, -0.25) is 4.79 Å². The van der Waals surface area contributed by atoms with Crippen molar-refractivity contribution in [2.45, 2.75) is 12.3 Å². The van der Waals surface area contributed by atoms with E-state index in [1.165, 1.54) is 30.0 Å². The third-order valence-corrected chi connectivity index (χ3v) is 7.29. The number of halogens is 1. The Balaban J connectivity index is 1.86. The molecule has 1 aliphatic heterocycles. The molecule has 0 saturated heterocycles. The van der Waals surface area contributed by atoms with Gasteiger partial charge in [-0.05, 0) is 29.3 Å². The molecule has 0 spiro atoms. The van der Waals surface area contributed by atoms with Crippen LogP contribution >= 0.6 is 0 Å². The number of pyridine rings is 2. The van der Waals surface area contributed by atoms with Crippen LogP contribution < -0.4 is 16.2 Å². The first-order valence-electron chi connectivity index (χ1n) is 11.8. The van der Waals surface area contributed by atoms with Crippen LogP contribution in [-0.2, 0) is 33.9 Å². The number of ether oxygens (including phenoxy) is 1. The molecule has 0 fully saturated rings. The van der Waals surface area contributed by atoms with E-state index in [2.05, 4.69) is 21.8 Å². The molecular formula is C27H24FN5O5S. The molecule has 0 amide bonds. The molecule has 3 N–H and O–H groups in total. The summed E-state index contributed by atoms with van der Waals surface area (Å²) in [6.07, 6.45) is 5.80. The Morgan fingerprint density at radius 1 is 1.28 bits per heavy atom. The van der Waals surface area contributed by atoms with E-state index in [-0.39, 0.29) is 35.6 Å². The smallest absolute Gasteiger partial charge is 0.338 e. The highest BCUT2D eigenvalue weighted by Gasteiger charge is 2.30. The number of rotatable bonds is 4. The fourth-order valence-electron chi connectivity index (χ4n) is 4.83. The van der Waals surface area contributed by atoms with Crippen molar-refractivity contribution >= 4 is 38.2 Å². The zero-order valence-electron chi connectivity index (χ0n) is 21.3. The molecule has 5 rings (SSSR count). The maximum Gasteiger partial charge on any atom is 0.338 e. The average molecular weight is 550 g/mol. The van der Waals surface area contributed by atoms with Gasteiger partial charge in [0, 0.05) is 54.0 Å². The number of carbonyl (C=O) groups excluding carboxylic acids is 1. The molecule has 0 saturated carbocycles. The fraction of sp³-hybridized carbons (Fsp3) is 0.222. The normalized spacial score (nSPS) is 12.5. The Hall–Kier alpha value is -4.47. The highest BCUT2D eigenvalue weighted by atomic mass is 32.2. The third-order valence-electron chi connectivity index (χ3n) is 6.45. The van der Waals surface area contributed by atoms with Gasteiger partial charge < -0.3 is 24.9 Å². The number of benzene rings is 1. The highest BCUT2D eigenvalue weighted by molar-refractivity contribution is 7.89. The summed E-state index contributed by atoms with van der Waals surface area (Å²) in [4.78, 5) is 34.6. The van der Waals surface area contributed by atoms with E-state index in [1.807, 2.05) is 0 Å². The number of sulfone groups is 1. The molecule has 0 bridgehead atoms. The molecule has 0 unspecified atom stereocenters.